The topological polar surface area (TPSA) is 13.1 Å². The Bertz CT molecular complexity index is 619. The molecule has 0 atom stereocenters. The summed E-state index contributed by atoms with van der Waals surface area (Å²) in [5.41, 5.74) is 4.90. The predicted molar refractivity (Wildman–Crippen MR) is 74.9 cm³/mol. The molecule has 0 radical (unpaired) electrons. The molecule has 0 saturated heterocycles. The first-order chi connectivity index (χ1) is 8.77. The van der Waals surface area contributed by atoms with Crippen LogP contribution in [0, 0.1) is 0 Å². The molecule has 1 heteroatoms. The molecule has 18 heavy (non-hydrogen) atoms. The Morgan fingerprint density at radius 3 is 2.28 bits per heavy atom. The molecule has 1 aliphatic carbocycles. The third-order valence-electron chi connectivity index (χ3n) is 3.33. The van der Waals surface area contributed by atoms with Crippen LogP contribution in [-0.4, -0.2) is 0 Å². The summed E-state index contributed by atoms with van der Waals surface area (Å²) in [5.74, 6) is 1.43. The van der Waals surface area contributed by atoms with Crippen molar-refractivity contribution in [1.82, 2.24) is 0 Å². The Labute approximate surface area is 107 Å². The van der Waals surface area contributed by atoms with Crippen LogP contribution in [0.25, 0.3) is 22.5 Å². The molecule has 1 nitrogen and oxygen atoms in total. The lowest BCUT2D eigenvalue weighted by Crippen LogP contribution is -1.93. The van der Waals surface area contributed by atoms with Gasteiger partial charge in [0.1, 0.15) is 5.76 Å². The number of rotatable bonds is 2. The van der Waals surface area contributed by atoms with Crippen molar-refractivity contribution >= 4 is 0 Å². The molecule has 0 bridgehead atoms. The molecule has 0 unspecified atom stereocenters. The second-order valence-electron chi connectivity index (χ2n) is 4.89. The highest BCUT2D eigenvalue weighted by molar-refractivity contribution is 5.83. The van der Waals surface area contributed by atoms with Crippen LogP contribution < -0.4 is 0 Å². The van der Waals surface area contributed by atoms with Crippen molar-refractivity contribution in [2.75, 3.05) is 0 Å². The zero-order valence-corrected chi connectivity index (χ0v) is 10.7. The maximum Gasteiger partial charge on any atom is 0.141 e. The molecule has 0 fully saturated rings. The fourth-order valence-corrected chi connectivity index (χ4v) is 2.38. The first-order valence-corrected chi connectivity index (χ1v) is 6.33. The van der Waals surface area contributed by atoms with Gasteiger partial charge < -0.3 is 4.42 Å². The van der Waals surface area contributed by atoms with E-state index >= 15 is 0 Å². The van der Waals surface area contributed by atoms with Crippen molar-refractivity contribution in [2.45, 2.75) is 19.8 Å². The molecule has 90 valence electrons. The van der Waals surface area contributed by atoms with E-state index in [1.54, 1.807) is 0 Å². The molecule has 0 N–H and O–H groups in total. The molecule has 1 aromatic rings. The number of hydrogen-bond acceptors (Lipinski definition) is 1. The molecule has 1 aromatic carbocycles. The van der Waals surface area contributed by atoms with E-state index in [9.17, 15) is 0 Å². The van der Waals surface area contributed by atoms with Gasteiger partial charge in [-0.3, -0.25) is 0 Å². The van der Waals surface area contributed by atoms with Crippen molar-refractivity contribution in [3.8, 4) is 22.5 Å². The highest BCUT2D eigenvalue weighted by atomic mass is 16.3. The average molecular weight is 236 g/mol. The summed E-state index contributed by atoms with van der Waals surface area (Å²) in [7, 11) is 0. The number of fused-ring (bicyclic) bond motifs is 1. The Hall–Kier alpha value is -2.02. The van der Waals surface area contributed by atoms with Crippen LogP contribution in [0.3, 0.4) is 0 Å². The van der Waals surface area contributed by atoms with Crippen LogP contribution in [-0.2, 0) is 0 Å². The summed E-state index contributed by atoms with van der Waals surface area (Å²) in [6.45, 7) is 4.39. The number of hydrogen-bond donors (Lipinski definition) is 0. The standard InChI is InChI=1S/C17H16O/c1-12(2)16-11-18-17(13-7-4-3-5-8-13)15-10-6-9-14(15)16/h3-12H,1-2H3. The van der Waals surface area contributed by atoms with Crippen LogP contribution in [0.5, 0.6) is 0 Å². The van der Waals surface area contributed by atoms with Gasteiger partial charge in [0.2, 0.25) is 0 Å². The number of benzene rings is 1. The Morgan fingerprint density at radius 2 is 1.56 bits per heavy atom. The van der Waals surface area contributed by atoms with Gasteiger partial charge in [0.25, 0.3) is 0 Å². The monoisotopic (exact) mass is 236 g/mol. The SMILES string of the molecule is CC(C)c1coc(-c2ccccc2)c2cccc1-2. The molecular formula is C17H16O. The second-order valence-corrected chi connectivity index (χ2v) is 4.89. The summed E-state index contributed by atoms with van der Waals surface area (Å²) in [6, 6.07) is 16.7. The van der Waals surface area contributed by atoms with Crippen molar-refractivity contribution in [1.29, 1.82) is 0 Å². The molecule has 0 spiro atoms. The van der Waals surface area contributed by atoms with Gasteiger partial charge in [-0.25, -0.2) is 0 Å². The highest BCUT2D eigenvalue weighted by Gasteiger charge is 2.17. The fourth-order valence-electron chi connectivity index (χ4n) is 2.38. The quantitative estimate of drug-likeness (QED) is 0.598. The largest absolute Gasteiger partial charge is 0.463 e. The molecule has 3 rings (SSSR count). The van der Waals surface area contributed by atoms with Crippen molar-refractivity contribution in [3.63, 3.8) is 0 Å². The van der Waals surface area contributed by atoms with Crippen LogP contribution in [0.4, 0.5) is 0 Å². The molecule has 1 heterocycles. The van der Waals surface area contributed by atoms with Gasteiger partial charge in [0.15, 0.2) is 0 Å². The minimum Gasteiger partial charge on any atom is -0.463 e. The zero-order chi connectivity index (χ0) is 12.5. The van der Waals surface area contributed by atoms with E-state index in [2.05, 4.69) is 44.2 Å². The highest BCUT2D eigenvalue weighted by Crippen LogP contribution is 2.39. The summed E-state index contributed by atoms with van der Waals surface area (Å²) < 4.78 is 5.88. The van der Waals surface area contributed by atoms with Crippen LogP contribution >= 0.6 is 0 Å². The second kappa shape index (κ2) is 4.34. The van der Waals surface area contributed by atoms with E-state index in [0.29, 0.717) is 5.92 Å². The lowest BCUT2D eigenvalue weighted by atomic mass is 9.95. The lowest BCUT2D eigenvalue weighted by molar-refractivity contribution is 0.554. The van der Waals surface area contributed by atoms with Gasteiger partial charge in [0, 0.05) is 11.1 Å². The van der Waals surface area contributed by atoms with Gasteiger partial charge in [-0.15, -0.1) is 0 Å². The average Bonchev–Trinajstić information content (AvgIpc) is 2.87. The van der Waals surface area contributed by atoms with Gasteiger partial charge in [-0.1, -0.05) is 62.4 Å². The van der Waals surface area contributed by atoms with Crippen molar-refractivity contribution < 1.29 is 4.42 Å². The third kappa shape index (κ3) is 1.72. The first-order valence-electron chi connectivity index (χ1n) is 6.33. The smallest absolute Gasteiger partial charge is 0.141 e. The molecule has 0 amide bonds. The molecule has 0 saturated carbocycles. The van der Waals surface area contributed by atoms with Crippen LogP contribution in [0.15, 0.2) is 59.2 Å². The van der Waals surface area contributed by atoms with Gasteiger partial charge in [-0.2, -0.15) is 0 Å². The Kier molecular flexibility index (Phi) is 2.67. The normalized spacial score (nSPS) is 11.3. The summed E-state index contributed by atoms with van der Waals surface area (Å²) in [6.07, 6.45) is 1.90. The zero-order valence-electron chi connectivity index (χ0n) is 10.7. The van der Waals surface area contributed by atoms with Gasteiger partial charge >= 0.3 is 0 Å². The van der Waals surface area contributed by atoms with E-state index in [-0.39, 0.29) is 0 Å². The van der Waals surface area contributed by atoms with Crippen molar-refractivity contribution in [2.24, 2.45) is 0 Å². The fraction of sp³-hybridized carbons (Fsp3) is 0.176. The lowest BCUT2D eigenvalue weighted by Gasteiger charge is -2.14. The minimum absolute atomic E-state index is 0.475. The van der Waals surface area contributed by atoms with E-state index in [1.807, 2.05) is 24.5 Å². The maximum absolute atomic E-state index is 5.88. The van der Waals surface area contributed by atoms with Gasteiger partial charge in [0.05, 0.1) is 6.26 Å². The van der Waals surface area contributed by atoms with E-state index in [1.165, 1.54) is 16.7 Å². The third-order valence-corrected chi connectivity index (χ3v) is 3.33. The Morgan fingerprint density at radius 1 is 0.833 bits per heavy atom. The molecule has 1 aliphatic heterocycles. The predicted octanol–water partition coefficient (Wildman–Crippen LogP) is 5.17. The minimum atomic E-state index is 0.475. The van der Waals surface area contributed by atoms with Crippen molar-refractivity contribution in [3.05, 3.63) is 60.4 Å². The van der Waals surface area contributed by atoms with E-state index < -0.39 is 0 Å². The first kappa shape index (κ1) is 11.1. The van der Waals surface area contributed by atoms with E-state index in [4.69, 9.17) is 4.42 Å². The maximum atomic E-state index is 5.88. The molecular weight excluding hydrogens is 220 g/mol. The van der Waals surface area contributed by atoms with Gasteiger partial charge in [-0.05, 0) is 17.0 Å². The van der Waals surface area contributed by atoms with Crippen LogP contribution in [0.2, 0.25) is 0 Å². The van der Waals surface area contributed by atoms with Crippen LogP contribution in [0.1, 0.15) is 25.3 Å². The van der Waals surface area contributed by atoms with E-state index in [0.717, 1.165) is 11.3 Å². The Balaban J connectivity index is 2.22. The molecule has 2 aliphatic rings. The summed E-state index contributed by atoms with van der Waals surface area (Å²) in [5, 5.41) is 0. The summed E-state index contributed by atoms with van der Waals surface area (Å²) >= 11 is 0. The summed E-state index contributed by atoms with van der Waals surface area (Å²) in [4.78, 5) is 0. The molecule has 0 aromatic heterocycles.